The van der Waals surface area contributed by atoms with Gasteiger partial charge in [0.15, 0.2) is 0 Å². The molecule has 0 saturated heterocycles. The van der Waals surface area contributed by atoms with E-state index in [1.807, 2.05) is 6.92 Å². The van der Waals surface area contributed by atoms with Crippen LogP contribution in [-0.2, 0) is 0 Å². The SMILES string of the molecule is CC(NC(=O)c1cc(Cl)ccc1Br)c1cn[nH]c1. The van der Waals surface area contributed by atoms with Gasteiger partial charge in [-0.05, 0) is 41.1 Å². The van der Waals surface area contributed by atoms with E-state index in [2.05, 4.69) is 31.4 Å². The van der Waals surface area contributed by atoms with E-state index in [1.54, 1.807) is 30.6 Å². The average Bonchev–Trinajstić information content (AvgIpc) is 2.85. The van der Waals surface area contributed by atoms with E-state index in [0.29, 0.717) is 15.1 Å². The second kappa shape index (κ2) is 5.54. The van der Waals surface area contributed by atoms with Crippen LogP contribution in [0.3, 0.4) is 0 Å². The minimum Gasteiger partial charge on any atom is -0.345 e. The van der Waals surface area contributed by atoms with Gasteiger partial charge in [0.25, 0.3) is 5.91 Å². The maximum atomic E-state index is 12.1. The molecule has 6 heteroatoms. The van der Waals surface area contributed by atoms with Gasteiger partial charge in [-0.25, -0.2) is 0 Å². The van der Waals surface area contributed by atoms with Gasteiger partial charge >= 0.3 is 0 Å². The van der Waals surface area contributed by atoms with E-state index in [4.69, 9.17) is 11.6 Å². The number of hydrogen-bond donors (Lipinski definition) is 2. The van der Waals surface area contributed by atoms with Crippen LogP contribution in [-0.4, -0.2) is 16.1 Å². The lowest BCUT2D eigenvalue weighted by Gasteiger charge is -2.13. The van der Waals surface area contributed by atoms with Crippen LogP contribution in [0.25, 0.3) is 0 Å². The number of aromatic amines is 1. The molecule has 18 heavy (non-hydrogen) atoms. The molecule has 0 aliphatic heterocycles. The second-order valence-corrected chi connectivity index (χ2v) is 5.14. The van der Waals surface area contributed by atoms with Crippen LogP contribution in [0.5, 0.6) is 0 Å². The summed E-state index contributed by atoms with van der Waals surface area (Å²) in [5.41, 5.74) is 1.43. The normalized spacial score (nSPS) is 12.2. The maximum Gasteiger partial charge on any atom is 0.252 e. The molecule has 1 aromatic carbocycles. The van der Waals surface area contributed by atoms with E-state index in [9.17, 15) is 4.79 Å². The Morgan fingerprint density at radius 1 is 1.56 bits per heavy atom. The summed E-state index contributed by atoms with van der Waals surface area (Å²) in [6, 6.07) is 4.98. The molecule has 1 amide bonds. The van der Waals surface area contributed by atoms with Crippen molar-refractivity contribution < 1.29 is 4.79 Å². The van der Waals surface area contributed by atoms with Gasteiger partial charge in [0.2, 0.25) is 0 Å². The fourth-order valence-corrected chi connectivity index (χ4v) is 2.13. The van der Waals surface area contributed by atoms with E-state index < -0.39 is 0 Å². The number of amides is 1. The fraction of sp³-hybridized carbons (Fsp3) is 0.167. The molecule has 2 aromatic rings. The van der Waals surface area contributed by atoms with Crippen LogP contribution in [0.1, 0.15) is 28.9 Å². The van der Waals surface area contributed by atoms with Crippen molar-refractivity contribution >= 4 is 33.4 Å². The smallest absolute Gasteiger partial charge is 0.252 e. The zero-order chi connectivity index (χ0) is 13.1. The van der Waals surface area contributed by atoms with Gasteiger partial charge in [-0.15, -0.1) is 0 Å². The van der Waals surface area contributed by atoms with Crippen molar-refractivity contribution in [3.05, 3.63) is 51.2 Å². The molecule has 0 radical (unpaired) electrons. The van der Waals surface area contributed by atoms with E-state index in [-0.39, 0.29) is 11.9 Å². The third-order valence-corrected chi connectivity index (χ3v) is 3.47. The van der Waals surface area contributed by atoms with Crippen molar-refractivity contribution in [2.75, 3.05) is 0 Å². The Morgan fingerprint density at radius 3 is 3.00 bits per heavy atom. The number of hydrogen-bond acceptors (Lipinski definition) is 2. The molecule has 1 aromatic heterocycles. The summed E-state index contributed by atoms with van der Waals surface area (Å²) in [7, 11) is 0. The fourth-order valence-electron chi connectivity index (χ4n) is 1.53. The predicted molar refractivity (Wildman–Crippen MR) is 73.6 cm³/mol. The number of benzene rings is 1. The van der Waals surface area contributed by atoms with Crippen LogP contribution in [0, 0.1) is 0 Å². The quantitative estimate of drug-likeness (QED) is 0.908. The lowest BCUT2D eigenvalue weighted by atomic mass is 10.1. The molecule has 1 atom stereocenters. The monoisotopic (exact) mass is 327 g/mol. The van der Waals surface area contributed by atoms with Crippen LogP contribution < -0.4 is 5.32 Å². The van der Waals surface area contributed by atoms with Crippen LogP contribution >= 0.6 is 27.5 Å². The van der Waals surface area contributed by atoms with Gasteiger partial charge in [0.1, 0.15) is 0 Å². The first-order chi connectivity index (χ1) is 8.58. The first-order valence-corrected chi connectivity index (χ1v) is 6.49. The molecule has 1 heterocycles. The summed E-state index contributed by atoms with van der Waals surface area (Å²) in [6.45, 7) is 1.89. The minimum atomic E-state index is -0.182. The third-order valence-electron chi connectivity index (χ3n) is 2.54. The summed E-state index contributed by atoms with van der Waals surface area (Å²) in [4.78, 5) is 12.1. The summed E-state index contributed by atoms with van der Waals surface area (Å²) in [6.07, 6.45) is 3.43. The van der Waals surface area contributed by atoms with Crippen molar-refractivity contribution in [1.29, 1.82) is 0 Å². The molecule has 2 rings (SSSR count). The number of nitrogens with zero attached hydrogens (tertiary/aromatic N) is 1. The average molecular weight is 329 g/mol. The molecule has 4 nitrogen and oxygen atoms in total. The highest BCUT2D eigenvalue weighted by molar-refractivity contribution is 9.10. The molecule has 94 valence electrons. The summed E-state index contributed by atoms with van der Waals surface area (Å²) >= 11 is 9.21. The molecule has 0 aliphatic rings. The lowest BCUT2D eigenvalue weighted by molar-refractivity contribution is 0.0939. The first-order valence-electron chi connectivity index (χ1n) is 5.32. The highest BCUT2D eigenvalue weighted by Crippen LogP contribution is 2.22. The number of halogens is 2. The van der Waals surface area contributed by atoms with Crippen LogP contribution in [0.2, 0.25) is 5.02 Å². The molecule has 1 unspecified atom stereocenters. The van der Waals surface area contributed by atoms with Crippen molar-refractivity contribution in [3.63, 3.8) is 0 Å². The number of rotatable bonds is 3. The highest BCUT2D eigenvalue weighted by atomic mass is 79.9. The number of aromatic nitrogens is 2. The van der Waals surface area contributed by atoms with Gasteiger partial charge in [-0.3, -0.25) is 9.89 Å². The molecule has 0 fully saturated rings. The summed E-state index contributed by atoms with van der Waals surface area (Å²) in [5, 5.41) is 9.97. The van der Waals surface area contributed by atoms with Crippen molar-refractivity contribution in [2.45, 2.75) is 13.0 Å². The zero-order valence-electron chi connectivity index (χ0n) is 9.58. The Labute approximate surface area is 118 Å². The van der Waals surface area contributed by atoms with Crippen molar-refractivity contribution in [1.82, 2.24) is 15.5 Å². The second-order valence-electron chi connectivity index (χ2n) is 3.85. The van der Waals surface area contributed by atoms with Gasteiger partial charge in [0.05, 0.1) is 17.8 Å². The largest absolute Gasteiger partial charge is 0.345 e. The molecular formula is C12H11BrClN3O. The number of carbonyl (C=O) groups excluding carboxylic acids is 1. The Hall–Kier alpha value is -1.33. The van der Waals surface area contributed by atoms with E-state index in [0.717, 1.165) is 5.56 Å². The molecule has 0 spiro atoms. The Bertz CT molecular complexity index is 556. The standard InChI is InChI=1S/C12H11BrClN3O/c1-7(8-5-15-16-6-8)17-12(18)10-4-9(14)2-3-11(10)13/h2-7H,1H3,(H,15,16)(H,17,18). The van der Waals surface area contributed by atoms with Gasteiger partial charge in [0, 0.05) is 21.3 Å². The van der Waals surface area contributed by atoms with Crippen LogP contribution in [0.15, 0.2) is 35.1 Å². The third kappa shape index (κ3) is 2.91. The van der Waals surface area contributed by atoms with Crippen molar-refractivity contribution in [2.24, 2.45) is 0 Å². The first kappa shape index (κ1) is 13.1. The van der Waals surface area contributed by atoms with E-state index >= 15 is 0 Å². The van der Waals surface area contributed by atoms with Gasteiger partial charge < -0.3 is 5.32 Å². The van der Waals surface area contributed by atoms with Gasteiger partial charge in [-0.2, -0.15) is 5.10 Å². The minimum absolute atomic E-state index is 0.123. The summed E-state index contributed by atoms with van der Waals surface area (Å²) in [5.74, 6) is -0.182. The van der Waals surface area contributed by atoms with Crippen molar-refractivity contribution in [3.8, 4) is 0 Å². The summed E-state index contributed by atoms with van der Waals surface area (Å²) < 4.78 is 0.712. The molecular weight excluding hydrogens is 318 g/mol. The predicted octanol–water partition coefficient (Wildman–Crippen LogP) is 3.32. The number of carbonyl (C=O) groups is 1. The Kier molecular flexibility index (Phi) is 4.04. The Morgan fingerprint density at radius 2 is 2.33 bits per heavy atom. The topological polar surface area (TPSA) is 57.8 Å². The highest BCUT2D eigenvalue weighted by Gasteiger charge is 2.14. The molecule has 2 N–H and O–H groups in total. The van der Waals surface area contributed by atoms with Crippen LogP contribution in [0.4, 0.5) is 0 Å². The zero-order valence-corrected chi connectivity index (χ0v) is 11.9. The molecule has 0 bridgehead atoms. The molecule has 0 saturated carbocycles. The number of H-pyrrole nitrogens is 1. The van der Waals surface area contributed by atoms with E-state index in [1.165, 1.54) is 0 Å². The Balaban J connectivity index is 2.15. The lowest BCUT2D eigenvalue weighted by Crippen LogP contribution is -2.26. The van der Waals surface area contributed by atoms with Gasteiger partial charge in [-0.1, -0.05) is 11.6 Å². The maximum absolute atomic E-state index is 12.1. The molecule has 0 aliphatic carbocycles. The number of nitrogens with one attached hydrogen (secondary N) is 2.